The van der Waals surface area contributed by atoms with Crippen LogP contribution >= 0.6 is 11.3 Å². The highest BCUT2D eigenvalue weighted by Gasteiger charge is 2.12. The van der Waals surface area contributed by atoms with Crippen molar-refractivity contribution in [1.29, 1.82) is 0 Å². The van der Waals surface area contributed by atoms with E-state index in [1.54, 1.807) is 24.5 Å². The third kappa shape index (κ3) is 2.55. The highest BCUT2D eigenvalue weighted by molar-refractivity contribution is 7.20. The zero-order chi connectivity index (χ0) is 13.9. The molecule has 0 aliphatic carbocycles. The second kappa shape index (κ2) is 5.42. The molecule has 6 heteroatoms. The quantitative estimate of drug-likeness (QED) is 0.776. The molecule has 0 saturated heterocycles. The number of aromatic amines is 1. The third-order valence-corrected chi connectivity index (χ3v) is 4.03. The van der Waals surface area contributed by atoms with E-state index in [9.17, 15) is 9.18 Å². The Bertz CT molecular complexity index is 736. The minimum Gasteiger partial charge on any atom is -0.351 e. The highest BCUT2D eigenvalue weighted by Crippen LogP contribution is 2.27. The molecule has 0 unspecified atom stereocenters. The highest BCUT2D eigenvalue weighted by atomic mass is 32.1. The van der Waals surface area contributed by atoms with Crippen LogP contribution in [-0.4, -0.2) is 22.4 Å². The second-order valence-electron chi connectivity index (χ2n) is 4.30. The number of imidazole rings is 1. The molecular formula is C14H12FN3OS. The van der Waals surface area contributed by atoms with Crippen LogP contribution in [0, 0.1) is 5.82 Å². The van der Waals surface area contributed by atoms with E-state index in [1.165, 1.54) is 17.4 Å². The fourth-order valence-electron chi connectivity index (χ4n) is 1.95. The van der Waals surface area contributed by atoms with Crippen LogP contribution in [0.3, 0.4) is 0 Å². The number of hydrogen-bond acceptors (Lipinski definition) is 3. The summed E-state index contributed by atoms with van der Waals surface area (Å²) in [6.45, 7) is 0.489. The number of thiophene rings is 1. The van der Waals surface area contributed by atoms with Crippen molar-refractivity contribution in [3.8, 4) is 0 Å². The molecule has 2 heterocycles. The smallest absolute Gasteiger partial charge is 0.261 e. The number of H-pyrrole nitrogens is 1. The van der Waals surface area contributed by atoms with Gasteiger partial charge in [0, 0.05) is 35.4 Å². The lowest BCUT2D eigenvalue weighted by atomic mass is 10.2. The van der Waals surface area contributed by atoms with Crippen molar-refractivity contribution < 1.29 is 9.18 Å². The first kappa shape index (κ1) is 12.8. The molecule has 0 spiro atoms. The monoisotopic (exact) mass is 289 g/mol. The van der Waals surface area contributed by atoms with Gasteiger partial charge in [0.1, 0.15) is 11.6 Å². The third-order valence-electron chi connectivity index (χ3n) is 2.93. The van der Waals surface area contributed by atoms with Crippen LogP contribution in [0.25, 0.3) is 10.1 Å². The van der Waals surface area contributed by atoms with Crippen molar-refractivity contribution >= 4 is 27.3 Å². The summed E-state index contributed by atoms with van der Waals surface area (Å²) < 4.78 is 14.3. The molecule has 3 rings (SSSR count). The van der Waals surface area contributed by atoms with E-state index in [-0.39, 0.29) is 11.7 Å². The first-order valence-corrected chi connectivity index (χ1v) is 7.00. The van der Waals surface area contributed by atoms with Crippen LogP contribution in [0.5, 0.6) is 0 Å². The van der Waals surface area contributed by atoms with Crippen LogP contribution in [0.4, 0.5) is 4.39 Å². The standard InChI is InChI=1S/C14H12FN3OS/c15-10-2-1-3-11-9(10)8-12(20-11)14(19)18-5-4-13-16-6-7-17-13/h1-3,6-8H,4-5H2,(H,16,17)(H,18,19). The van der Waals surface area contributed by atoms with Crippen LogP contribution in [0.1, 0.15) is 15.5 Å². The van der Waals surface area contributed by atoms with Crippen LogP contribution in [0.2, 0.25) is 0 Å². The fraction of sp³-hybridized carbons (Fsp3) is 0.143. The van der Waals surface area contributed by atoms with Gasteiger partial charge in [0.15, 0.2) is 0 Å². The van der Waals surface area contributed by atoms with Crippen LogP contribution in [-0.2, 0) is 6.42 Å². The molecule has 1 aromatic carbocycles. The van der Waals surface area contributed by atoms with Crippen molar-refractivity contribution in [2.45, 2.75) is 6.42 Å². The Morgan fingerprint density at radius 1 is 1.45 bits per heavy atom. The Morgan fingerprint density at radius 3 is 3.10 bits per heavy atom. The number of carbonyl (C=O) groups excluding carboxylic acids is 1. The van der Waals surface area contributed by atoms with E-state index >= 15 is 0 Å². The SMILES string of the molecule is O=C(NCCc1ncc[nH]1)c1cc2c(F)cccc2s1. The topological polar surface area (TPSA) is 57.8 Å². The van der Waals surface area contributed by atoms with Crippen LogP contribution < -0.4 is 5.32 Å². The predicted octanol–water partition coefficient (Wildman–Crippen LogP) is 2.74. The molecule has 3 aromatic rings. The molecule has 102 valence electrons. The maximum atomic E-state index is 13.6. The summed E-state index contributed by atoms with van der Waals surface area (Å²) >= 11 is 1.29. The van der Waals surface area contributed by atoms with Gasteiger partial charge in [0.25, 0.3) is 5.91 Å². The van der Waals surface area contributed by atoms with Crippen molar-refractivity contribution in [1.82, 2.24) is 15.3 Å². The fourth-order valence-corrected chi connectivity index (χ4v) is 2.95. The van der Waals surface area contributed by atoms with Gasteiger partial charge in [-0.1, -0.05) is 6.07 Å². The van der Waals surface area contributed by atoms with E-state index < -0.39 is 0 Å². The van der Waals surface area contributed by atoms with Gasteiger partial charge in [0.05, 0.1) is 4.88 Å². The predicted molar refractivity (Wildman–Crippen MR) is 76.4 cm³/mol. The Morgan fingerprint density at radius 2 is 2.35 bits per heavy atom. The van der Waals surface area contributed by atoms with E-state index in [4.69, 9.17) is 0 Å². The summed E-state index contributed by atoms with van der Waals surface area (Å²) in [5.41, 5.74) is 0. The first-order chi connectivity index (χ1) is 9.74. The molecule has 0 fully saturated rings. The van der Waals surface area contributed by atoms with Crippen molar-refractivity contribution in [2.75, 3.05) is 6.54 Å². The Balaban J connectivity index is 1.68. The molecular weight excluding hydrogens is 277 g/mol. The summed E-state index contributed by atoms with van der Waals surface area (Å²) in [4.78, 5) is 19.6. The van der Waals surface area contributed by atoms with Gasteiger partial charge in [-0.25, -0.2) is 9.37 Å². The van der Waals surface area contributed by atoms with E-state index in [0.29, 0.717) is 23.2 Å². The Kier molecular flexibility index (Phi) is 3.47. The number of aromatic nitrogens is 2. The zero-order valence-corrected chi connectivity index (χ0v) is 11.3. The van der Waals surface area contributed by atoms with Gasteiger partial charge >= 0.3 is 0 Å². The molecule has 0 radical (unpaired) electrons. The van der Waals surface area contributed by atoms with Gasteiger partial charge in [-0.05, 0) is 18.2 Å². The minimum absolute atomic E-state index is 0.183. The average molecular weight is 289 g/mol. The second-order valence-corrected chi connectivity index (χ2v) is 5.39. The number of benzene rings is 1. The van der Waals surface area contributed by atoms with E-state index in [2.05, 4.69) is 15.3 Å². The lowest BCUT2D eigenvalue weighted by molar-refractivity contribution is 0.0958. The van der Waals surface area contributed by atoms with Gasteiger partial charge < -0.3 is 10.3 Å². The van der Waals surface area contributed by atoms with Gasteiger partial charge in [-0.2, -0.15) is 0 Å². The van der Waals surface area contributed by atoms with Crippen molar-refractivity contribution in [3.63, 3.8) is 0 Å². The molecule has 0 atom stereocenters. The van der Waals surface area contributed by atoms with Gasteiger partial charge in [0.2, 0.25) is 0 Å². The molecule has 0 aliphatic rings. The van der Waals surface area contributed by atoms with Crippen molar-refractivity contribution in [2.24, 2.45) is 0 Å². The summed E-state index contributed by atoms with van der Waals surface area (Å²) in [5.74, 6) is 0.346. The molecule has 4 nitrogen and oxygen atoms in total. The molecule has 2 aromatic heterocycles. The Hall–Kier alpha value is -2.21. The molecule has 1 amide bonds. The minimum atomic E-state index is -0.298. The summed E-state index contributed by atoms with van der Waals surface area (Å²) in [6.07, 6.45) is 4.05. The van der Waals surface area contributed by atoms with Gasteiger partial charge in [-0.15, -0.1) is 11.3 Å². The van der Waals surface area contributed by atoms with Crippen LogP contribution in [0.15, 0.2) is 36.7 Å². The number of halogens is 1. The normalized spacial score (nSPS) is 10.8. The summed E-state index contributed by atoms with van der Waals surface area (Å²) in [5, 5.41) is 3.30. The number of hydrogen-bond donors (Lipinski definition) is 2. The summed E-state index contributed by atoms with van der Waals surface area (Å²) in [7, 11) is 0. The number of nitrogens with one attached hydrogen (secondary N) is 2. The average Bonchev–Trinajstić information content (AvgIpc) is 3.07. The lowest BCUT2D eigenvalue weighted by Gasteiger charge is -2.01. The van der Waals surface area contributed by atoms with E-state index in [0.717, 1.165) is 10.5 Å². The number of fused-ring (bicyclic) bond motifs is 1. The van der Waals surface area contributed by atoms with Gasteiger partial charge in [-0.3, -0.25) is 4.79 Å². The molecule has 20 heavy (non-hydrogen) atoms. The summed E-state index contributed by atoms with van der Waals surface area (Å²) in [6, 6.07) is 6.45. The lowest BCUT2D eigenvalue weighted by Crippen LogP contribution is -2.25. The zero-order valence-electron chi connectivity index (χ0n) is 10.5. The molecule has 0 aliphatic heterocycles. The number of nitrogens with zero attached hydrogens (tertiary/aromatic N) is 1. The Labute approximate surface area is 118 Å². The maximum Gasteiger partial charge on any atom is 0.261 e. The first-order valence-electron chi connectivity index (χ1n) is 6.18. The molecule has 2 N–H and O–H groups in total. The molecule has 0 saturated carbocycles. The molecule has 0 bridgehead atoms. The van der Waals surface area contributed by atoms with E-state index in [1.807, 2.05) is 6.07 Å². The maximum absolute atomic E-state index is 13.6. The van der Waals surface area contributed by atoms with Crippen molar-refractivity contribution in [3.05, 3.63) is 53.2 Å². The largest absolute Gasteiger partial charge is 0.351 e. The number of amides is 1. The number of rotatable bonds is 4. The number of carbonyl (C=O) groups is 1.